The zero-order valence-electron chi connectivity index (χ0n) is 7.30. The summed E-state index contributed by atoms with van der Waals surface area (Å²) in [6.45, 7) is 1.52. The number of alkyl halides is 1. The first-order valence-electron chi connectivity index (χ1n) is 4.21. The molecule has 0 amide bonds. The van der Waals surface area contributed by atoms with Gasteiger partial charge in [0, 0.05) is 10.4 Å². The van der Waals surface area contributed by atoms with Crippen molar-refractivity contribution in [3.8, 4) is 0 Å². The molecule has 1 rings (SSSR count). The molecule has 3 heteroatoms. The van der Waals surface area contributed by atoms with Gasteiger partial charge in [-0.05, 0) is 24.1 Å². The fourth-order valence-electron chi connectivity index (χ4n) is 1.04. The first kappa shape index (κ1) is 11.0. The molecule has 0 aliphatic heterocycles. The molecular weight excluding hydrogens is 251 g/mol. The minimum atomic E-state index is 0.756. The van der Waals surface area contributed by atoms with E-state index in [1.165, 1.54) is 5.56 Å². The summed E-state index contributed by atoms with van der Waals surface area (Å²) in [4.78, 5) is 0. The van der Waals surface area contributed by atoms with Gasteiger partial charge in [-0.15, -0.1) is 0 Å². The van der Waals surface area contributed by atoms with E-state index in [1.807, 2.05) is 18.2 Å². The van der Waals surface area contributed by atoms with Gasteiger partial charge in [-0.2, -0.15) is 0 Å². The summed E-state index contributed by atoms with van der Waals surface area (Å²) in [6.07, 6.45) is 0.924. The molecule has 72 valence electrons. The van der Waals surface area contributed by atoms with Crippen LogP contribution in [0.1, 0.15) is 5.56 Å². The van der Waals surface area contributed by atoms with E-state index in [0.717, 1.165) is 30.0 Å². The SMILES string of the molecule is Clc1cccc(CCOCCBr)c1. The van der Waals surface area contributed by atoms with E-state index >= 15 is 0 Å². The molecule has 0 atom stereocenters. The molecule has 0 unspecified atom stereocenters. The predicted octanol–water partition coefficient (Wildman–Crippen LogP) is 3.29. The van der Waals surface area contributed by atoms with Crippen LogP contribution < -0.4 is 0 Å². The molecule has 0 spiro atoms. The number of rotatable bonds is 5. The van der Waals surface area contributed by atoms with Crippen molar-refractivity contribution < 1.29 is 4.74 Å². The highest BCUT2D eigenvalue weighted by Gasteiger charge is 1.93. The molecule has 0 aliphatic carbocycles. The van der Waals surface area contributed by atoms with Crippen molar-refractivity contribution in [1.82, 2.24) is 0 Å². The predicted molar refractivity (Wildman–Crippen MR) is 59.8 cm³/mol. The topological polar surface area (TPSA) is 9.23 Å². The van der Waals surface area contributed by atoms with Crippen LogP contribution in [0.15, 0.2) is 24.3 Å². The lowest BCUT2D eigenvalue weighted by atomic mass is 10.2. The minimum absolute atomic E-state index is 0.756. The average molecular weight is 264 g/mol. The van der Waals surface area contributed by atoms with Crippen LogP contribution in [0.3, 0.4) is 0 Å². The van der Waals surface area contributed by atoms with E-state index in [4.69, 9.17) is 16.3 Å². The van der Waals surface area contributed by atoms with Gasteiger partial charge in [0.1, 0.15) is 0 Å². The zero-order valence-corrected chi connectivity index (χ0v) is 9.64. The molecule has 0 N–H and O–H groups in total. The summed E-state index contributed by atoms with van der Waals surface area (Å²) in [7, 11) is 0. The fraction of sp³-hybridized carbons (Fsp3) is 0.400. The fourth-order valence-corrected chi connectivity index (χ4v) is 1.48. The molecule has 0 heterocycles. The summed E-state index contributed by atoms with van der Waals surface area (Å²) in [5, 5.41) is 1.68. The maximum Gasteiger partial charge on any atom is 0.0563 e. The van der Waals surface area contributed by atoms with E-state index in [9.17, 15) is 0 Å². The summed E-state index contributed by atoms with van der Waals surface area (Å²) in [6, 6.07) is 7.87. The number of ether oxygens (including phenoxy) is 1. The molecule has 1 aromatic carbocycles. The van der Waals surface area contributed by atoms with Crippen LogP contribution in [0.4, 0.5) is 0 Å². The van der Waals surface area contributed by atoms with Gasteiger partial charge in [0.05, 0.1) is 13.2 Å². The molecule has 0 aromatic heterocycles. The Morgan fingerprint density at radius 3 is 2.85 bits per heavy atom. The van der Waals surface area contributed by atoms with Gasteiger partial charge < -0.3 is 4.74 Å². The summed E-state index contributed by atoms with van der Waals surface area (Å²) < 4.78 is 5.34. The lowest BCUT2D eigenvalue weighted by Crippen LogP contribution is -2.00. The Bertz CT molecular complexity index is 252. The standard InChI is InChI=1S/C10H12BrClO/c11-5-7-13-6-4-9-2-1-3-10(12)8-9/h1-3,8H,4-7H2. The Balaban J connectivity index is 2.28. The Morgan fingerprint density at radius 2 is 2.15 bits per heavy atom. The molecular formula is C10H12BrClO. The second-order valence-electron chi connectivity index (χ2n) is 2.68. The number of halogens is 2. The monoisotopic (exact) mass is 262 g/mol. The van der Waals surface area contributed by atoms with Gasteiger partial charge in [0.25, 0.3) is 0 Å². The summed E-state index contributed by atoms with van der Waals surface area (Å²) >= 11 is 9.14. The molecule has 13 heavy (non-hydrogen) atoms. The Kier molecular flexibility index (Phi) is 5.44. The van der Waals surface area contributed by atoms with Gasteiger partial charge in [-0.25, -0.2) is 0 Å². The Labute approximate surface area is 92.2 Å². The van der Waals surface area contributed by atoms with Crippen LogP contribution in [-0.2, 0) is 11.2 Å². The highest BCUT2D eigenvalue weighted by Crippen LogP contribution is 2.10. The van der Waals surface area contributed by atoms with E-state index < -0.39 is 0 Å². The third-order valence-electron chi connectivity index (χ3n) is 1.65. The van der Waals surface area contributed by atoms with Crippen LogP contribution in [0, 0.1) is 0 Å². The average Bonchev–Trinajstić information content (AvgIpc) is 2.13. The van der Waals surface area contributed by atoms with Gasteiger partial charge >= 0.3 is 0 Å². The first-order chi connectivity index (χ1) is 6.33. The highest BCUT2D eigenvalue weighted by molar-refractivity contribution is 9.09. The zero-order chi connectivity index (χ0) is 9.52. The van der Waals surface area contributed by atoms with Crippen LogP contribution in [0.2, 0.25) is 5.02 Å². The Morgan fingerprint density at radius 1 is 1.31 bits per heavy atom. The number of hydrogen-bond acceptors (Lipinski definition) is 1. The van der Waals surface area contributed by atoms with Crippen LogP contribution >= 0.6 is 27.5 Å². The third kappa shape index (κ3) is 4.65. The second-order valence-corrected chi connectivity index (χ2v) is 3.91. The quantitative estimate of drug-likeness (QED) is 0.585. The Hall–Kier alpha value is -0.0500. The molecule has 0 fully saturated rings. The van der Waals surface area contributed by atoms with Crippen LogP contribution in [0.5, 0.6) is 0 Å². The van der Waals surface area contributed by atoms with Crippen molar-refractivity contribution in [2.24, 2.45) is 0 Å². The van der Waals surface area contributed by atoms with E-state index in [-0.39, 0.29) is 0 Å². The number of benzene rings is 1. The molecule has 0 saturated heterocycles. The highest BCUT2D eigenvalue weighted by atomic mass is 79.9. The van der Waals surface area contributed by atoms with E-state index in [2.05, 4.69) is 22.0 Å². The maximum absolute atomic E-state index is 5.84. The van der Waals surface area contributed by atoms with Gasteiger partial charge in [0.2, 0.25) is 0 Å². The van der Waals surface area contributed by atoms with Crippen molar-refractivity contribution in [2.45, 2.75) is 6.42 Å². The molecule has 0 aliphatic rings. The van der Waals surface area contributed by atoms with Crippen molar-refractivity contribution in [3.63, 3.8) is 0 Å². The van der Waals surface area contributed by atoms with Gasteiger partial charge in [-0.3, -0.25) is 0 Å². The normalized spacial score (nSPS) is 10.3. The van der Waals surface area contributed by atoms with Crippen molar-refractivity contribution >= 4 is 27.5 Å². The molecule has 0 radical (unpaired) electrons. The van der Waals surface area contributed by atoms with Crippen molar-refractivity contribution in [2.75, 3.05) is 18.5 Å². The van der Waals surface area contributed by atoms with Crippen LogP contribution in [-0.4, -0.2) is 18.5 Å². The summed E-state index contributed by atoms with van der Waals surface area (Å²) in [5.74, 6) is 0. The third-order valence-corrected chi connectivity index (χ3v) is 2.20. The first-order valence-corrected chi connectivity index (χ1v) is 5.71. The molecule has 1 aromatic rings. The van der Waals surface area contributed by atoms with Gasteiger partial charge in [0.15, 0.2) is 0 Å². The lowest BCUT2D eigenvalue weighted by molar-refractivity contribution is 0.154. The lowest BCUT2D eigenvalue weighted by Gasteiger charge is -2.02. The second kappa shape index (κ2) is 6.41. The maximum atomic E-state index is 5.84. The number of hydrogen-bond donors (Lipinski definition) is 0. The minimum Gasteiger partial charge on any atom is -0.380 e. The van der Waals surface area contributed by atoms with Crippen molar-refractivity contribution in [1.29, 1.82) is 0 Å². The largest absolute Gasteiger partial charge is 0.380 e. The van der Waals surface area contributed by atoms with Crippen molar-refractivity contribution in [3.05, 3.63) is 34.9 Å². The van der Waals surface area contributed by atoms with E-state index in [1.54, 1.807) is 0 Å². The molecule has 0 saturated carbocycles. The molecule has 1 nitrogen and oxygen atoms in total. The molecule has 0 bridgehead atoms. The van der Waals surface area contributed by atoms with Crippen LogP contribution in [0.25, 0.3) is 0 Å². The van der Waals surface area contributed by atoms with Gasteiger partial charge in [-0.1, -0.05) is 39.7 Å². The van der Waals surface area contributed by atoms with E-state index in [0.29, 0.717) is 0 Å². The summed E-state index contributed by atoms with van der Waals surface area (Å²) in [5.41, 5.74) is 1.22. The smallest absolute Gasteiger partial charge is 0.0563 e.